The molecular weight excluding hydrogens is 461 g/mol. The highest BCUT2D eigenvalue weighted by Gasteiger charge is 2.45. The van der Waals surface area contributed by atoms with Crippen LogP contribution in [0.4, 0.5) is 0 Å². The Kier molecular flexibility index (Phi) is 7.62. The number of hydrogen-bond donors (Lipinski definition) is 0. The normalized spacial score (nSPS) is 18.2. The maximum Gasteiger partial charge on any atom is 0.330 e. The lowest BCUT2D eigenvalue weighted by Crippen LogP contribution is -2.44. The van der Waals surface area contributed by atoms with Crippen molar-refractivity contribution in [1.82, 2.24) is 4.90 Å². The molecule has 2 aromatic carbocycles. The highest BCUT2D eigenvalue weighted by molar-refractivity contribution is 7.99. The fourth-order valence-corrected chi connectivity index (χ4v) is 5.07. The largest absolute Gasteiger partial charge is 0.496 e. The molecule has 0 saturated carbocycles. The smallest absolute Gasteiger partial charge is 0.330 e. The topological polar surface area (TPSA) is 65.1 Å². The SMILES string of the molecule is COc1cccc(OC)c1C(=O)N1C(C(=O)OC(C)C)CSC1c1ccc(Cl)c(Cl)c1. The first-order valence-electron chi connectivity index (χ1n) is 9.59. The van der Waals surface area contributed by atoms with E-state index in [2.05, 4.69) is 0 Å². The van der Waals surface area contributed by atoms with Crippen LogP contribution in [-0.4, -0.2) is 48.9 Å². The quantitative estimate of drug-likeness (QED) is 0.524. The average Bonchev–Trinajstić information content (AvgIpc) is 3.19. The molecule has 2 aromatic rings. The molecule has 0 N–H and O–H groups in total. The molecule has 0 bridgehead atoms. The van der Waals surface area contributed by atoms with Gasteiger partial charge in [-0.1, -0.05) is 35.3 Å². The number of rotatable bonds is 6. The van der Waals surface area contributed by atoms with E-state index in [4.69, 9.17) is 37.4 Å². The molecule has 2 unspecified atom stereocenters. The summed E-state index contributed by atoms with van der Waals surface area (Å²) in [6.07, 6.45) is -0.306. The van der Waals surface area contributed by atoms with Gasteiger partial charge in [-0.15, -0.1) is 11.8 Å². The number of thioether (sulfide) groups is 1. The summed E-state index contributed by atoms with van der Waals surface area (Å²) in [6.45, 7) is 3.54. The minimum atomic E-state index is -0.783. The van der Waals surface area contributed by atoms with Gasteiger partial charge in [-0.2, -0.15) is 0 Å². The fourth-order valence-electron chi connectivity index (χ4n) is 3.36. The first kappa shape index (κ1) is 23.6. The Hall–Kier alpha value is -2.09. The highest BCUT2D eigenvalue weighted by atomic mass is 35.5. The Balaban J connectivity index is 2.09. The lowest BCUT2D eigenvalue weighted by Gasteiger charge is -2.30. The summed E-state index contributed by atoms with van der Waals surface area (Å²) < 4.78 is 16.3. The molecule has 0 spiro atoms. The molecule has 6 nitrogen and oxygen atoms in total. The van der Waals surface area contributed by atoms with E-state index in [0.717, 1.165) is 5.56 Å². The molecule has 0 aromatic heterocycles. The van der Waals surface area contributed by atoms with Gasteiger partial charge in [0.25, 0.3) is 5.91 Å². The summed E-state index contributed by atoms with van der Waals surface area (Å²) in [5.41, 5.74) is 0.990. The molecular formula is C22H23Cl2NO5S. The zero-order valence-electron chi connectivity index (χ0n) is 17.6. The van der Waals surface area contributed by atoms with Gasteiger partial charge in [-0.05, 0) is 43.7 Å². The van der Waals surface area contributed by atoms with Gasteiger partial charge in [-0.25, -0.2) is 4.79 Å². The Morgan fingerprint density at radius 3 is 2.26 bits per heavy atom. The van der Waals surface area contributed by atoms with Crippen LogP contribution in [0.1, 0.15) is 35.1 Å². The number of carbonyl (C=O) groups excluding carboxylic acids is 2. The third-order valence-electron chi connectivity index (χ3n) is 4.73. The highest BCUT2D eigenvalue weighted by Crippen LogP contribution is 2.45. The minimum Gasteiger partial charge on any atom is -0.496 e. The minimum absolute atomic E-state index is 0.238. The van der Waals surface area contributed by atoms with Gasteiger partial charge >= 0.3 is 5.97 Å². The number of benzene rings is 2. The van der Waals surface area contributed by atoms with Crippen LogP contribution in [0.25, 0.3) is 0 Å². The van der Waals surface area contributed by atoms with Crippen LogP contribution in [-0.2, 0) is 9.53 Å². The molecule has 9 heteroatoms. The van der Waals surface area contributed by atoms with Gasteiger partial charge < -0.3 is 19.1 Å². The summed E-state index contributed by atoms with van der Waals surface area (Å²) in [7, 11) is 2.95. The fraction of sp³-hybridized carbons (Fsp3) is 0.364. The van der Waals surface area contributed by atoms with Crippen LogP contribution in [0.15, 0.2) is 36.4 Å². The molecule has 1 amide bonds. The lowest BCUT2D eigenvalue weighted by atomic mass is 10.1. The van der Waals surface area contributed by atoms with E-state index in [1.54, 1.807) is 50.2 Å². The van der Waals surface area contributed by atoms with Gasteiger partial charge in [0.15, 0.2) is 0 Å². The second-order valence-corrected chi connectivity index (χ2v) is 9.04. The van der Waals surface area contributed by atoms with E-state index in [0.29, 0.717) is 27.3 Å². The summed E-state index contributed by atoms with van der Waals surface area (Å²) in [5.74, 6) is 0.211. The monoisotopic (exact) mass is 483 g/mol. The molecule has 1 heterocycles. The van der Waals surface area contributed by atoms with Crippen LogP contribution in [0.5, 0.6) is 11.5 Å². The molecule has 1 aliphatic rings. The lowest BCUT2D eigenvalue weighted by molar-refractivity contribution is -0.151. The Morgan fingerprint density at radius 1 is 1.06 bits per heavy atom. The molecule has 1 fully saturated rings. The number of halogens is 2. The van der Waals surface area contributed by atoms with Crippen molar-refractivity contribution in [3.05, 3.63) is 57.6 Å². The molecule has 166 valence electrons. The van der Waals surface area contributed by atoms with Crippen LogP contribution in [0, 0.1) is 0 Å². The number of hydrogen-bond acceptors (Lipinski definition) is 6. The van der Waals surface area contributed by atoms with Crippen LogP contribution < -0.4 is 9.47 Å². The van der Waals surface area contributed by atoms with E-state index in [1.807, 2.05) is 0 Å². The van der Waals surface area contributed by atoms with Crippen molar-refractivity contribution in [2.24, 2.45) is 0 Å². The number of ether oxygens (including phenoxy) is 3. The second kappa shape index (κ2) is 10.0. The molecule has 1 saturated heterocycles. The van der Waals surface area contributed by atoms with Crippen LogP contribution >= 0.6 is 35.0 Å². The van der Waals surface area contributed by atoms with Gasteiger partial charge in [0, 0.05) is 5.75 Å². The zero-order valence-corrected chi connectivity index (χ0v) is 19.9. The van der Waals surface area contributed by atoms with Crippen molar-refractivity contribution < 1.29 is 23.8 Å². The zero-order chi connectivity index (χ0) is 22.7. The Labute approximate surface area is 195 Å². The Bertz CT molecular complexity index is 962. The van der Waals surface area contributed by atoms with Crippen molar-refractivity contribution in [3.8, 4) is 11.5 Å². The predicted molar refractivity (Wildman–Crippen MR) is 122 cm³/mol. The van der Waals surface area contributed by atoms with Crippen LogP contribution in [0.3, 0.4) is 0 Å². The molecule has 0 radical (unpaired) electrons. The Morgan fingerprint density at radius 2 is 1.71 bits per heavy atom. The van der Waals surface area contributed by atoms with Crippen molar-refractivity contribution >= 4 is 46.8 Å². The summed E-state index contributed by atoms with van der Waals surface area (Å²) in [5, 5.41) is 0.310. The molecule has 1 aliphatic heterocycles. The molecule has 3 rings (SSSR count). The average molecular weight is 484 g/mol. The maximum absolute atomic E-state index is 13.8. The van der Waals surface area contributed by atoms with Gasteiger partial charge in [0.2, 0.25) is 0 Å². The van der Waals surface area contributed by atoms with Gasteiger partial charge in [0.1, 0.15) is 28.5 Å². The van der Waals surface area contributed by atoms with E-state index >= 15 is 0 Å². The first-order valence-corrected chi connectivity index (χ1v) is 11.4. The van der Waals surface area contributed by atoms with Gasteiger partial charge in [-0.3, -0.25) is 4.79 Å². The summed E-state index contributed by atoms with van der Waals surface area (Å²) >= 11 is 13.7. The van der Waals surface area contributed by atoms with Crippen molar-refractivity contribution in [2.45, 2.75) is 31.4 Å². The number of carbonyl (C=O) groups is 2. The standard InChI is InChI=1S/C22H23Cl2NO5S/c1-12(2)30-22(27)16-11-31-21(13-8-9-14(23)15(24)10-13)25(16)20(26)19-17(28-3)6-5-7-18(19)29-4/h5-10,12,16,21H,11H2,1-4H3. The van der Waals surface area contributed by atoms with E-state index in [-0.39, 0.29) is 11.7 Å². The van der Waals surface area contributed by atoms with Crippen molar-refractivity contribution in [2.75, 3.05) is 20.0 Å². The third-order valence-corrected chi connectivity index (χ3v) is 6.79. The molecule has 31 heavy (non-hydrogen) atoms. The third kappa shape index (κ3) is 4.89. The van der Waals surface area contributed by atoms with Crippen molar-refractivity contribution in [3.63, 3.8) is 0 Å². The number of esters is 1. The van der Waals surface area contributed by atoms with E-state index < -0.39 is 23.3 Å². The number of methoxy groups -OCH3 is 2. The van der Waals surface area contributed by atoms with E-state index in [1.165, 1.54) is 30.9 Å². The molecule has 2 atom stereocenters. The summed E-state index contributed by atoms with van der Waals surface area (Å²) in [6, 6.07) is 9.47. The second-order valence-electron chi connectivity index (χ2n) is 7.11. The number of nitrogens with zero attached hydrogens (tertiary/aromatic N) is 1. The molecule has 0 aliphatic carbocycles. The van der Waals surface area contributed by atoms with E-state index in [9.17, 15) is 9.59 Å². The maximum atomic E-state index is 13.8. The first-order chi connectivity index (χ1) is 14.8. The predicted octanol–water partition coefficient (Wildman–Crippen LogP) is 5.22. The van der Waals surface area contributed by atoms with Crippen LogP contribution in [0.2, 0.25) is 10.0 Å². The van der Waals surface area contributed by atoms with Gasteiger partial charge in [0.05, 0.1) is 30.4 Å². The summed E-state index contributed by atoms with van der Waals surface area (Å²) in [4.78, 5) is 28.2. The number of amides is 1. The van der Waals surface area contributed by atoms with Crippen molar-refractivity contribution in [1.29, 1.82) is 0 Å².